The summed E-state index contributed by atoms with van der Waals surface area (Å²) in [5.74, 6) is -0.895. The number of carboxylic acid groups (broad SMARTS) is 1. The third-order valence-electron chi connectivity index (χ3n) is 5.12. The van der Waals surface area contributed by atoms with Gasteiger partial charge in [-0.25, -0.2) is 9.78 Å². The molecule has 0 spiro atoms. The normalized spacial score (nSPS) is 13.3. The van der Waals surface area contributed by atoms with E-state index in [1.807, 2.05) is 41.0 Å². The van der Waals surface area contributed by atoms with E-state index in [0.29, 0.717) is 32.3 Å². The van der Waals surface area contributed by atoms with E-state index >= 15 is 0 Å². The number of fused-ring (bicyclic) bond motifs is 1. The minimum Gasteiger partial charge on any atom is -0.480 e. The van der Waals surface area contributed by atoms with Crippen molar-refractivity contribution in [2.75, 3.05) is 5.73 Å². The van der Waals surface area contributed by atoms with Gasteiger partial charge in [0.2, 0.25) is 0 Å². The number of hydrogen-bond donors (Lipinski definition) is 3. The SMILES string of the molecule is Nc1c(Br)cc(C[C@](N)(C(=O)O)c2nc3ccccc3n2Cc2cccnc2)cc1Br. The molecule has 7 nitrogen and oxygen atoms in total. The lowest BCUT2D eigenvalue weighted by Crippen LogP contribution is -2.49. The minimum absolute atomic E-state index is 0.0240. The summed E-state index contributed by atoms with van der Waals surface area (Å²) in [7, 11) is 0. The number of hydrogen-bond acceptors (Lipinski definition) is 5. The maximum atomic E-state index is 12.5. The molecule has 0 aliphatic rings. The van der Waals surface area contributed by atoms with E-state index < -0.39 is 11.5 Å². The highest BCUT2D eigenvalue weighted by Gasteiger charge is 2.41. The summed E-state index contributed by atoms with van der Waals surface area (Å²) in [6.45, 7) is 0.394. The van der Waals surface area contributed by atoms with Crippen LogP contribution in [0.15, 0.2) is 69.9 Å². The quantitative estimate of drug-likeness (QED) is 0.315. The molecule has 0 radical (unpaired) electrons. The number of nitrogens with two attached hydrogens (primary N) is 2. The molecule has 2 aromatic heterocycles. The fraction of sp³-hybridized carbons (Fsp3) is 0.136. The van der Waals surface area contributed by atoms with Gasteiger partial charge < -0.3 is 21.1 Å². The van der Waals surface area contributed by atoms with Crippen molar-refractivity contribution in [2.45, 2.75) is 18.5 Å². The molecule has 5 N–H and O–H groups in total. The third kappa shape index (κ3) is 4.08. The Bertz CT molecular complexity index is 1250. The van der Waals surface area contributed by atoms with Crippen LogP contribution in [0, 0.1) is 0 Å². The van der Waals surface area contributed by atoms with Gasteiger partial charge in [-0.3, -0.25) is 4.98 Å². The monoisotopic (exact) mass is 543 g/mol. The topological polar surface area (TPSA) is 120 Å². The average Bonchev–Trinajstić information content (AvgIpc) is 3.11. The molecule has 0 aliphatic heterocycles. The molecule has 0 saturated carbocycles. The molecule has 158 valence electrons. The number of nitrogen functional groups attached to an aromatic ring is 1. The van der Waals surface area contributed by atoms with Gasteiger partial charge in [-0.15, -0.1) is 0 Å². The van der Waals surface area contributed by atoms with E-state index in [9.17, 15) is 9.90 Å². The molecule has 31 heavy (non-hydrogen) atoms. The molecule has 1 atom stereocenters. The van der Waals surface area contributed by atoms with Crippen molar-refractivity contribution in [3.8, 4) is 0 Å². The van der Waals surface area contributed by atoms with Gasteiger partial charge in [0.1, 0.15) is 5.82 Å². The van der Waals surface area contributed by atoms with Crippen molar-refractivity contribution < 1.29 is 9.90 Å². The third-order valence-corrected chi connectivity index (χ3v) is 6.43. The molecule has 0 fully saturated rings. The number of nitrogens with zero attached hydrogens (tertiary/aromatic N) is 3. The minimum atomic E-state index is -1.77. The summed E-state index contributed by atoms with van der Waals surface area (Å²) >= 11 is 6.83. The van der Waals surface area contributed by atoms with E-state index in [-0.39, 0.29) is 12.2 Å². The second-order valence-electron chi connectivity index (χ2n) is 7.30. The van der Waals surface area contributed by atoms with E-state index in [2.05, 4.69) is 41.8 Å². The van der Waals surface area contributed by atoms with Crippen LogP contribution in [-0.4, -0.2) is 25.6 Å². The molecule has 2 heterocycles. The molecule has 9 heteroatoms. The number of para-hydroxylation sites is 2. The molecule has 0 amide bonds. The molecule has 0 saturated heterocycles. The zero-order valence-corrected chi connectivity index (χ0v) is 19.5. The second-order valence-corrected chi connectivity index (χ2v) is 9.01. The maximum Gasteiger partial charge on any atom is 0.331 e. The number of imidazole rings is 1. The Kier molecular flexibility index (Phi) is 5.83. The predicted molar refractivity (Wildman–Crippen MR) is 127 cm³/mol. The Morgan fingerprint density at radius 1 is 1.10 bits per heavy atom. The Labute approximate surface area is 195 Å². The summed E-state index contributed by atoms with van der Waals surface area (Å²) in [5, 5.41) is 10.2. The first-order valence-corrected chi connectivity index (χ1v) is 11.0. The van der Waals surface area contributed by atoms with Crippen molar-refractivity contribution in [3.05, 3.63) is 86.8 Å². The number of aliphatic carboxylic acids is 1. The summed E-state index contributed by atoms with van der Waals surface area (Å²) < 4.78 is 3.17. The van der Waals surface area contributed by atoms with Crippen LogP contribution in [-0.2, 0) is 23.3 Å². The van der Waals surface area contributed by atoms with Gasteiger partial charge in [0.05, 0.1) is 23.3 Å². The van der Waals surface area contributed by atoms with Gasteiger partial charge in [-0.2, -0.15) is 0 Å². The fourth-order valence-electron chi connectivity index (χ4n) is 3.56. The largest absolute Gasteiger partial charge is 0.480 e. The molecule has 0 aliphatic carbocycles. The summed E-state index contributed by atoms with van der Waals surface area (Å²) in [6.07, 6.45) is 3.46. The van der Waals surface area contributed by atoms with Gasteiger partial charge in [0.15, 0.2) is 5.54 Å². The molecule has 0 unspecified atom stereocenters. The van der Waals surface area contributed by atoms with E-state index in [1.165, 1.54) is 0 Å². The Morgan fingerprint density at radius 3 is 2.45 bits per heavy atom. The van der Waals surface area contributed by atoms with Gasteiger partial charge >= 0.3 is 5.97 Å². The number of benzene rings is 2. The number of anilines is 1. The number of rotatable bonds is 6. The highest BCUT2D eigenvalue weighted by molar-refractivity contribution is 9.11. The molecule has 4 rings (SSSR count). The highest BCUT2D eigenvalue weighted by atomic mass is 79.9. The lowest BCUT2D eigenvalue weighted by Gasteiger charge is -2.26. The Hall–Kier alpha value is -2.75. The van der Waals surface area contributed by atoms with Crippen molar-refractivity contribution in [2.24, 2.45) is 5.73 Å². The zero-order valence-electron chi connectivity index (χ0n) is 16.3. The molecular weight excluding hydrogens is 526 g/mol. The highest BCUT2D eigenvalue weighted by Crippen LogP contribution is 2.33. The van der Waals surface area contributed by atoms with Crippen molar-refractivity contribution >= 4 is 54.5 Å². The summed E-state index contributed by atoms with van der Waals surface area (Å²) in [5.41, 5.74) is 14.4. The van der Waals surface area contributed by atoms with Crippen LogP contribution >= 0.6 is 31.9 Å². The lowest BCUT2D eigenvalue weighted by atomic mass is 9.90. The first kappa shape index (κ1) is 21.5. The standard InChI is InChI=1S/C22H19Br2N5O2/c23-15-8-14(9-16(24)19(15)25)10-22(26,21(30)31)20-28-17-5-1-2-6-18(17)29(20)12-13-4-3-7-27-11-13/h1-9,11H,10,12,25-26H2,(H,30,31)/t22-/m1/s1. The van der Waals surface area contributed by atoms with E-state index in [4.69, 9.17) is 11.5 Å². The van der Waals surface area contributed by atoms with Crippen molar-refractivity contribution in [1.82, 2.24) is 14.5 Å². The van der Waals surface area contributed by atoms with Crippen LogP contribution in [0.25, 0.3) is 11.0 Å². The first-order chi connectivity index (χ1) is 14.8. The number of aromatic nitrogens is 3. The van der Waals surface area contributed by atoms with Crippen molar-refractivity contribution in [3.63, 3.8) is 0 Å². The Morgan fingerprint density at radius 2 is 1.81 bits per heavy atom. The summed E-state index contributed by atoms with van der Waals surface area (Å²) in [4.78, 5) is 21.3. The van der Waals surface area contributed by atoms with Crippen molar-refractivity contribution in [1.29, 1.82) is 0 Å². The van der Waals surface area contributed by atoms with Crippen LogP contribution in [0.5, 0.6) is 0 Å². The second kappa shape index (κ2) is 8.41. The molecule has 4 aromatic rings. The van der Waals surface area contributed by atoms with Crippen LogP contribution in [0.4, 0.5) is 5.69 Å². The van der Waals surface area contributed by atoms with Crippen LogP contribution in [0.3, 0.4) is 0 Å². The smallest absolute Gasteiger partial charge is 0.331 e. The molecule has 0 bridgehead atoms. The zero-order chi connectivity index (χ0) is 22.2. The first-order valence-electron chi connectivity index (χ1n) is 9.40. The lowest BCUT2D eigenvalue weighted by molar-refractivity contribution is -0.144. The number of halogens is 2. The van der Waals surface area contributed by atoms with E-state index in [0.717, 1.165) is 11.1 Å². The van der Waals surface area contributed by atoms with Crippen LogP contribution in [0.2, 0.25) is 0 Å². The Balaban J connectivity index is 1.87. The average molecular weight is 545 g/mol. The molecule has 2 aromatic carbocycles. The predicted octanol–water partition coefficient (Wildman–Crippen LogP) is 4.07. The van der Waals surface area contributed by atoms with E-state index in [1.54, 1.807) is 24.5 Å². The van der Waals surface area contributed by atoms with Gasteiger partial charge in [0.25, 0.3) is 0 Å². The van der Waals surface area contributed by atoms with Gasteiger partial charge in [-0.1, -0.05) is 18.2 Å². The van der Waals surface area contributed by atoms with Gasteiger partial charge in [-0.05, 0) is 73.3 Å². The number of pyridine rings is 1. The number of carbonyl (C=O) groups is 1. The molecular formula is C22H19Br2N5O2. The fourth-order valence-corrected chi connectivity index (χ4v) is 4.84. The maximum absolute atomic E-state index is 12.5. The summed E-state index contributed by atoms with van der Waals surface area (Å²) in [6, 6.07) is 14.8. The van der Waals surface area contributed by atoms with Gasteiger partial charge in [0, 0.05) is 27.8 Å². The number of carboxylic acids is 1. The van der Waals surface area contributed by atoms with Crippen LogP contribution < -0.4 is 11.5 Å². The van der Waals surface area contributed by atoms with Crippen LogP contribution in [0.1, 0.15) is 17.0 Å².